The van der Waals surface area contributed by atoms with Crippen LogP contribution in [0.2, 0.25) is 5.02 Å². The molecule has 3 aromatic rings. The topological polar surface area (TPSA) is 171 Å². The quantitative estimate of drug-likeness (QED) is 0.170. The van der Waals surface area contributed by atoms with Gasteiger partial charge in [-0.25, -0.2) is 19.4 Å². The molecule has 6 rings (SSSR count). The molecule has 328 valence electrons. The molecular formula is C42H50ClF3N8O7. The van der Waals surface area contributed by atoms with Crippen LogP contribution in [0.3, 0.4) is 0 Å². The number of amides is 5. The van der Waals surface area contributed by atoms with E-state index in [-0.39, 0.29) is 66.9 Å². The number of hydrogen-bond donors (Lipinski definition) is 2. The smallest absolute Gasteiger partial charge is 0.418 e. The van der Waals surface area contributed by atoms with Gasteiger partial charge in [0.25, 0.3) is 11.8 Å². The highest BCUT2D eigenvalue weighted by atomic mass is 35.5. The zero-order valence-corrected chi connectivity index (χ0v) is 34.8. The Balaban J connectivity index is 1.09. The number of alkyl halides is 3. The largest absolute Gasteiger partial charge is 0.452 e. The highest BCUT2D eigenvalue weighted by Crippen LogP contribution is 2.38. The summed E-state index contributed by atoms with van der Waals surface area (Å²) < 4.78 is 52.8. The first-order valence-electron chi connectivity index (χ1n) is 20.4. The van der Waals surface area contributed by atoms with Gasteiger partial charge in [0.2, 0.25) is 0 Å². The van der Waals surface area contributed by atoms with E-state index >= 15 is 0 Å². The number of halogens is 4. The van der Waals surface area contributed by atoms with Crippen LogP contribution in [0.5, 0.6) is 0 Å². The summed E-state index contributed by atoms with van der Waals surface area (Å²) in [4.78, 5) is 78.5. The number of piperidine rings is 1. The van der Waals surface area contributed by atoms with E-state index in [1.54, 1.807) is 15.9 Å². The molecule has 0 bridgehead atoms. The summed E-state index contributed by atoms with van der Waals surface area (Å²) in [5, 5.41) is 2.62. The molecule has 0 saturated carbocycles. The number of rotatable bonds is 12. The predicted octanol–water partition coefficient (Wildman–Crippen LogP) is 5.70. The van der Waals surface area contributed by atoms with Gasteiger partial charge in [0.05, 0.1) is 21.8 Å². The van der Waals surface area contributed by atoms with E-state index < -0.39 is 47.9 Å². The van der Waals surface area contributed by atoms with Crippen molar-refractivity contribution in [2.45, 2.75) is 64.3 Å². The van der Waals surface area contributed by atoms with Crippen molar-refractivity contribution in [2.75, 3.05) is 81.5 Å². The second kappa shape index (κ2) is 19.7. The standard InChI is InChI=1S/C42H50ClF3N8O7/c1-3-14-50(4-2)36(55)26-60-39(57)29-9-10-35(48-25-29)51-18-20-52(21-19-51)38(56)34(24-27-22-31(42(44,45)46)37(47)32(43)23-27)61-41(59)53-15-12-30(13-16-53)54-17-11-28-7-5-6-8-33(28)49-40(54)58/h5-10,22-23,25,30,34H,3-4,11-21,24,26,47H2,1-2H3,(H,49,58)/t34-/m1/s1. The summed E-state index contributed by atoms with van der Waals surface area (Å²) in [6.45, 7) is 6.36. The molecule has 19 heteroatoms. The molecule has 3 N–H and O–H groups in total. The number of carbonyl (C=O) groups excluding carboxylic acids is 5. The molecule has 1 aromatic heterocycles. The van der Waals surface area contributed by atoms with E-state index in [4.69, 9.17) is 26.8 Å². The number of nitrogens with zero attached hydrogens (tertiary/aromatic N) is 6. The van der Waals surface area contributed by atoms with Gasteiger partial charge < -0.3 is 45.0 Å². The van der Waals surface area contributed by atoms with Crippen molar-refractivity contribution >= 4 is 58.7 Å². The van der Waals surface area contributed by atoms with Crippen molar-refractivity contribution in [1.29, 1.82) is 0 Å². The van der Waals surface area contributed by atoms with Crippen LogP contribution in [0.25, 0.3) is 0 Å². The van der Waals surface area contributed by atoms with Crippen LogP contribution in [0, 0.1) is 0 Å². The van der Waals surface area contributed by atoms with Gasteiger partial charge in [0.15, 0.2) is 12.7 Å². The van der Waals surface area contributed by atoms with Crippen molar-refractivity contribution in [3.05, 3.63) is 82.0 Å². The fourth-order valence-electron chi connectivity index (χ4n) is 7.80. The second-order valence-electron chi connectivity index (χ2n) is 15.1. The van der Waals surface area contributed by atoms with Gasteiger partial charge in [-0.05, 0) is 74.1 Å². The van der Waals surface area contributed by atoms with Gasteiger partial charge in [-0.1, -0.05) is 36.7 Å². The average molecular weight is 871 g/mol. The average Bonchev–Trinajstić information content (AvgIpc) is 3.42. The maximum absolute atomic E-state index is 14.1. The number of benzene rings is 2. The van der Waals surface area contributed by atoms with Gasteiger partial charge >= 0.3 is 24.3 Å². The molecule has 2 fully saturated rings. The number of hydrogen-bond acceptors (Lipinski definition) is 10. The molecule has 3 aliphatic rings. The Hall–Kier alpha value is -5.78. The number of aromatic nitrogens is 1. The lowest BCUT2D eigenvalue weighted by atomic mass is 10.0. The third kappa shape index (κ3) is 10.9. The fourth-order valence-corrected chi connectivity index (χ4v) is 8.04. The number of nitrogen functional groups attached to an aromatic ring is 1. The van der Waals surface area contributed by atoms with Gasteiger partial charge in [-0.15, -0.1) is 0 Å². The molecule has 61 heavy (non-hydrogen) atoms. The van der Waals surface area contributed by atoms with Gasteiger partial charge in [-0.3, -0.25) is 9.59 Å². The van der Waals surface area contributed by atoms with Crippen LogP contribution in [-0.2, 0) is 38.1 Å². The Morgan fingerprint density at radius 1 is 0.984 bits per heavy atom. The maximum Gasteiger partial charge on any atom is 0.418 e. The monoisotopic (exact) mass is 870 g/mol. The number of pyridine rings is 1. The first-order valence-corrected chi connectivity index (χ1v) is 20.7. The molecular weight excluding hydrogens is 821 g/mol. The number of ether oxygens (including phenoxy) is 2. The normalized spacial score (nSPS) is 16.6. The summed E-state index contributed by atoms with van der Waals surface area (Å²) in [6.07, 6.45) is -3.85. The van der Waals surface area contributed by atoms with Gasteiger partial charge in [-0.2, -0.15) is 13.2 Å². The van der Waals surface area contributed by atoms with E-state index in [1.165, 1.54) is 28.1 Å². The number of nitrogens with two attached hydrogens (primary N) is 1. The third-order valence-electron chi connectivity index (χ3n) is 11.2. The van der Waals surface area contributed by atoms with Crippen LogP contribution in [0.15, 0.2) is 54.7 Å². The molecule has 2 saturated heterocycles. The minimum atomic E-state index is -4.83. The first-order chi connectivity index (χ1) is 29.2. The summed E-state index contributed by atoms with van der Waals surface area (Å²) in [7, 11) is 0. The van der Waals surface area contributed by atoms with E-state index in [2.05, 4.69) is 10.3 Å². The van der Waals surface area contributed by atoms with Crippen LogP contribution >= 0.6 is 11.6 Å². The Labute approximate surface area is 356 Å². The van der Waals surface area contributed by atoms with Crippen LogP contribution in [-0.4, -0.2) is 132 Å². The Morgan fingerprint density at radius 2 is 1.70 bits per heavy atom. The van der Waals surface area contributed by atoms with E-state index in [0.717, 1.165) is 23.7 Å². The second-order valence-corrected chi connectivity index (χ2v) is 15.5. The Bertz CT molecular complexity index is 2080. The molecule has 15 nitrogen and oxygen atoms in total. The van der Waals surface area contributed by atoms with Crippen molar-refractivity contribution in [2.24, 2.45) is 0 Å². The number of esters is 1. The van der Waals surface area contributed by atoms with Crippen LogP contribution < -0.4 is 16.0 Å². The highest BCUT2D eigenvalue weighted by Gasteiger charge is 2.38. The number of para-hydroxylation sites is 1. The molecule has 5 amide bonds. The minimum Gasteiger partial charge on any atom is -0.452 e. The SMILES string of the molecule is CCCN(CC)C(=O)COC(=O)c1ccc(N2CCN(C(=O)[C@@H](Cc3cc(Cl)c(N)c(C(F)(F)F)c3)OC(=O)N3CCC(N4CCc5ccccc5NC4=O)CC3)CC2)nc1. The summed E-state index contributed by atoms with van der Waals surface area (Å²) in [5.41, 5.74) is 5.80. The zero-order valence-electron chi connectivity index (χ0n) is 34.1. The van der Waals surface area contributed by atoms with Crippen LogP contribution in [0.1, 0.15) is 60.2 Å². The maximum atomic E-state index is 14.1. The number of anilines is 3. The first kappa shape index (κ1) is 44.8. The molecule has 2 aromatic carbocycles. The lowest BCUT2D eigenvalue weighted by Gasteiger charge is -2.39. The van der Waals surface area contributed by atoms with Gasteiger partial charge in [0, 0.05) is 83.2 Å². The number of likely N-dealkylation sites (N-methyl/N-ethyl adjacent to an activating group) is 1. The lowest BCUT2D eigenvalue weighted by molar-refractivity contribution is -0.141. The number of fused-ring (bicyclic) bond motifs is 1. The molecule has 4 heterocycles. The molecule has 0 unspecified atom stereocenters. The van der Waals surface area contributed by atoms with Crippen molar-refractivity contribution in [3.63, 3.8) is 0 Å². The Morgan fingerprint density at radius 3 is 2.36 bits per heavy atom. The molecule has 0 spiro atoms. The number of piperazine rings is 1. The van der Waals surface area contributed by atoms with E-state index in [0.29, 0.717) is 57.8 Å². The van der Waals surface area contributed by atoms with Crippen molar-refractivity contribution in [3.8, 4) is 0 Å². The summed E-state index contributed by atoms with van der Waals surface area (Å²) >= 11 is 6.12. The minimum absolute atomic E-state index is 0.000904. The van der Waals surface area contributed by atoms with Crippen molar-refractivity contribution in [1.82, 2.24) is 24.6 Å². The molecule has 1 atom stereocenters. The number of likely N-dealkylation sites (tertiary alicyclic amines) is 1. The molecule has 3 aliphatic heterocycles. The molecule has 0 aliphatic carbocycles. The fraction of sp³-hybridized carbons (Fsp3) is 0.476. The zero-order chi connectivity index (χ0) is 43.8. The van der Waals surface area contributed by atoms with Gasteiger partial charge in [0.1, 0.15) is 5.82 Å². The third-order valence-corrected chi connectivity index (χ3v) is 11.5. The highest BCUT2D eigenvalue weighted by molar-refractivity contribution is 6.33. The lowest BCUT2D eigenvalue weighted by Crippen LogP contribution is -2.54. The number of carbonyl (C=O) groups is 5. The van der Waals surface area contributed by atoms with Crippen molar-refractivity contribution < 1.29 is 46.6 Å². The number of urea groups is 1. The molecule has 0 radical (unpaired) electrons. The number of nitrogens with one attached hydrogen (secondary N) is 1. The summed E-state index contributed by atoms with van der Waals surface area (Å²) in [5.74, 6) is -1.07. The van der Waals surface area contributed by atoms with E-state index in [1.807, 2.05) is 43.0 Å². The van der Waals surface area contributed by atoms with E-state index in [9.17, 15) is 37.1 Å². The Kier molecular flexibility index (Phi) is 14.5. The summed E-state index contributed by atoms with van der Waals surface area (Å²) in [6, 6.07) is 12.4. The predicted molar refractivity (Wildman–Crippen MR) is 221 cm³/mol. The van der Waals surface area contributed by atoms with Crippen LogP contribution in [0.4, 0.5) is 40.0 Å².